The third kappa shape index (κ3) is 4.20. The van der Waals surface area contributed by atoms with Crippen molar-refractivity contribution in [1.29, 1.82) is 0 Å². The van der Waals surface area contributed by atoms with Crippen LogP contribution in [0, 0.1) is 5.82 Å². The zero-order valence-corrected chi connectivity index (χ0v) is 13.4. The highest BCUT2D eigenvalue weighted by Crippen LogP contribution is 2.17. The van der Waals surface area contributed by atoms with Gasteiger partial charge in [-0.2, -0.15) is 4.68 Å². The lowest BCUT2D eigenvalue weighted by Crippen LogP contribution is -2.42. The molecule has 3 rings (SSSR count). The molecule has 11 heteroatoms. The molecule has 0 bridgehead atoms. The number of benzene rings is 1. The molecule has 9 nitrogen and oxygen atoms in total. The zero-order chi connectivity index (χ0) is 17.6. The number of carbonyl (C=O) groups excluding carboxylic acids is 2. The average molecular weight is 362 g/mol. The van der Waals surface area contributed by atoms with E-state index >= 15 is 0 Å². The minimum Gasteiger partial charge on any atom is -0.459 e. The van der Waals surface area contributed by atoms with Crippen LogP contribution in [-0.2, 0) is 4.79 Å². The van der Waals surface area contributed by atoms with Gasteiger partial charge in [0.25, 0.3) is 0 Å². The number of aromatic nitrogens is 4. The van der Waals surface area contributed by atoms with Gasteiger partial charge in [0.15, 0.2) is 5.76 Å². The molecule has 0 aliphatic heterocycles. The van der Waals surface area contributed by atoms with Crippen molar-refractivity contribution >= 4 is 23.6 Å². The molecule has 0 atom stereocenters. The van der Waals surface area contributed by atoms with Crippen LogP contribution in [0.15, 0.2) is 52.2 Å². The number of nitrogens with zero attached hydrogens (tertiary/aromatic N) is 4. The molecule has 0 fully saturated rings. The predicted octanol–water partition coefficient (Wildman–Crippen LogP) is 0.948. The monoisotopic (exact) mass is 362 g/mol. The average Bonchev–Trinajstić information content (AvgIpc) is 3.30. The summed E-state index contributed by atoms with van der Waals surface area (Å²) in [4.78, 5) is 23.4. The summed E-state index contributed by atoms with van der Waals surface area (Å²) in [6, 6.07) is 8.61. The maximum atomic E-state index is 13.0. The fraction of sp³-hybridized carbons (Fsp3) is 0.0714. The van der Waals surface area contributed by atoms with E-state index < -0.39 is 11.8 Å². The van der Waals surface area contributed by atoms with Crippen molar-refractivity contribution in [2.75, 3.05) is 5.75 Å². The van der Waals surface area contributed by atoms with Gasteiger partial charge in [-0.1, -0.05) is 11.8 Å². The van der Waals surface area contributed by atoms with E-state index in [1.807, 2.05) is 0 Å². The lowest BCUT2D eigenvalue weighted by Gasteiger charge is -2.06. The Hall–Kier alpha value is -3.21. The number of hydrogen-bond donors (Lipinski definition) is 2. The lowest BCUT2D eigenvalue weighted by atomic mass is 10.3. The minimum atomic E-state index is -0.570. The zero-order valence-electron chi connectivity index (χ0n) is 12.5. The third-order valence-corrected chi connectivity index (χ3v) is 3.82. The summed E-state index contributed by atoms with van der Waals surface area (Å²) in [6.45, 7) is 0. The third-order valence-electron chi connectivity index (χ3n) is 2.90. The quantitative estimate of drug-likeness (QED) is 0.513. The standard InChI is InChI=1S/C14H11FN6O3S/c15-9-3-5-10(6-4-9)21-14(18-19-20-21)25-8-12(22)16-17-13(23)11-2-1-7-24-11/h1-7H,8H2,(H,16,22)(H,17,23). The van der Waals surface area contributed by atoms with E-state index in [9.17, 15) is 14.0 Å². The second-order valence-electron chi connectivity index (χ2n) is 4.62. The Bertz CT molecular complexity index is 865. The Morgan fingerprint density at radius 1 is 1.20 bits per heavy atom. The molecular formula is C14H11FN6O3S. The number of furan rings is 1. The highest BCUT2D eigenvalue weighted by atomic mass is 32.2. The second kappa shape index (κ2) is 7.57. The topological polar surface area (TPSA) is 115 Å². The van der Waals surface area contributed by atoms with Gasteiger partial charge in [-0.25, -0.2) is 4.39 Å². The molecule has 0 spiro atoms. The van der Waals surface area contributed by atoms with Gasteiger partial charge in [0.1, 0.15) is 5.82 Å². The number of carbonyl (C=O) groups is 2. The van der Waals surface area contributed by atoms with E-state index in [1.54, 1.807) is 6.07 Å². The van der Waals surface area contributed by atoms with Crippen LogP contribution in [0.1, 0.15) is 10.6 Å². The number of tetrazole rings is 1. The van der Waals surface area contributed by atoms with Crippen LogP contribution in [0.25, 0.3) is 5.69 Å². The molecule has 2 heterocycles. The summed E-state index contributed by atoms with van der Waals surface area (Å²) in [5, 5.41) is 11.5. The number of amides is 2. The van der Waals surface area contributed by atoms with E-state index in [1.165, 1.54) is 41.3 Å². The van der Waals surface area contributed by atoms with E-state index in [-0.39, 0.29) is 17.3 Å². The van der Waals surface area contributed by atoms with Gasteiger partial charge in [-0.15, -0.1) is 5.10 Å². The predicted molar refractivity (Wildman–Crippen MR) is 84.2 cm³/mol. The Kier molecular flexibility index (Phi) is 5.04. The molecule has 25 heavy (non-hydrogen) atoms. The highest BCUT2D eigenvalue weighted by molar-refractivity contribution is 7.99. The fourth-order valence-electron chi connectivity index (χ4n) is 1.78. The number of nitrogens with one attached hydrogen (secondary N) is 2. The van der Waals surface area contributed by atoms with E-state index in [2.05, 4.69) is 26.4 Å². The van der Waals surface area contributed by atoms with Gasteiger partial charge in [0.05, 0.1) is 17.7 Å². The molecule has 2 aromatic heterocycles. The molecule has 3 aromatic rings. The van der Waals surface area contributed by atoms with Gasteiger partial charge >= 0.3 is 5.91 Å². The number of rotatable bonds is 5. The van der Waals surface area contributed by atoms with E-state index in [4.69, 9.17) is 4.42 Å². The summed E-state index contributed by atoms with van der Waals surface area (Å²) < 4.78 is 19.2. The van der Waals surface area contributed by atoms with Gasteiger partial charge < -0.3 is 4.42 Å². The first-order chi connectivity index (χ1) is 12.1. The van der Waals surface area contributed by atoms with Gasteiger partial charge in [0.2, 0.25) is 11.1 Å². The van der Waals surface area contributed by atoms with Crippen LogP contribution in [0.5, 0.6) is 0 Å². The van der Waals surface area contributed by atoms with Crippen LogP contribution in [0.4, 0.5) is 4.39 Å². The fourth-order valence-corrected chi connectivity index (χ4v) is 2.47. The molecule has 0 unspecified atom stereocenters. The van der Waals surface area contributed by atoms with Crippen molar-refractivity contribution in [3.8, 4) is 5.69 Å². The minimum absolute atomic E-state index is 0.0417. The number of halogens is 1. The number of hydrazine groups is 1. The first kappa shape index (κ1) is 16.6. The van der Waals surface area contributed by atoms with E-state index in [0.717, 1.165) is 11.8 Å². The maximum absolute atomic E-state index is 13.0. The van der Waals surface area contributed by atoms with Gasteiger partial charge in [-0.3, -0.25) is 20.4 Å². The smallest absolute Gasteiger partial charge is 0.305 e. The largest absolute Gasteiger partial charge is 0.459 e. The molecule has 128 valence electrons. The molecule has 2 N–H and O–H groups in total. The highest BCUT2D eigenvalue weighted by Gasteiger charge is 2.13. The number of hydrogen-bond acceptors (Lipinski definition) is 7. The van der Waals surface area contributed by atoms with Crippen molar-refractivity contribution in [2.24, 2.45) is 0 Å². The summed E-state index contributed by atoms with van der Waals surface area (Å²) in [6.07, 6.45) is 1.35. The lowest BCUT2D eigenvalue weighted by molar-refractivity contribution is -0.119. The molecule has 1 aromatic carbocycles. The van der Waals surface area contributed by atoms with Crippen LogP contribution in [0.3, 0.4) is 0 Å². The molecule has 0 saturated carbocycles. The van der Waals surface area contributed by atoms with Crippen molar-refractivity contribution in [3.63, 3.8) is 0 Å². The Morgan fingerprint density at radius 2 is 2.00 bits per heavy atom. The Balaban J connectivity index is 1.54. The SMILES string of the molecule is O=C(CSc1nnnn1-c1ccc(F)cc1)NNC(=O)c1ccco1. The molecule has 0 aliphatic carbocycles. The first-order valence-corrected chi connectivity index (χ1v) is 7.92. The second-order valence-corrected chi connectivity index (χ2v) is 5.56. The Morgan fingerprint density at radius 3 is 2.72 bits per heavy atom. The van der Waals surface area contributed by atoms with Crippen molar-refractivity contribution in [1.82, 2.24) is 31.1 Å². The molecule has 0 saturated heterocycles. The Labute approximate surface area is 144 Å². The first-order valence-electron chi connectivity index (χ1n) is 6.93. The van der Waals surface area contributed by atoms with Crippen molar-refractivity contribution in [2.45, 2.75) is 5.16 Å². The van der Waals surface area contributed by atoms with Crippen LogP contribution in [0.2, 0.25) is 0 Å². The molecule has 0 aliphatic rings. The maximum Gasteiger partial charge on any atom is 0.305 e. The summed E-state index contributed by atoms with van der Waals surface area (Å²) in [5.41, 5.74) is 5.03. The van der Waals surface area contributed by atoms with Gasteiger partial charge in [-0.05, 0) is 46.8 Å². The van der Waals surface area contributed by atoms with Crippen molar-refractivity contribution in [3.05, 3.63) is 54.2 Å². The normalized spacial score (nSPS) is 10.4. The number of thioether (sulfide) groups is 1. The molecular weight excluding hydrogens is 351 g/mol. The summed E-state index contributed by atoms with van der Waals surface area (Å²) in [7, 11) is 0. The molecule has 0 radical (unpaired) electrons. The van der Waals surface area contributed by atoms with Crippen LogP contribution in [-0.4, -0.2) is 37.8 Å². The van der Waals surface area contributed by atoms with Gasteiger partial charge in [0, 0.05) is 0 Å². The van der Waals surface area contributed by atoms with Crippen molar-refractivity contribution < 1.29 is 18.4 Å². The van der Waals surface area contributed by atoms with Crippen LogP contribution >= 0.6 is 11.8 Å². The molecule has 2 amide bonds. The van der Waals surface area contributed by atoms with E-state index in [0.29, 0.717) is 10.8 Å². The summed E-state index contributed by atoms with van der Waals surface area (Å²) >= 11 is 1.06. The summed E-state index contributed by atoms with van der Waals surface area (Å²) in [5.74, 6) is -1.37. The van der Waals surface area contributed by atoms with Crippen LogP contribution < -0.4 is 10.9 Å².